The molecule has 24 nitrogen and oxygen atoms in total. The van der Waals surface area contributed by atoms with Gasteiger partial charge in [-0.15, -0.1) is 0 Å². The van der Waals surface area contributed by atoms with E-state index in [1.54, 1.807) is 60.5 Å². The second-order valence-corrected chi connectivity index (χ2v) is 18.4. The highest BCUT2D eigenvalue weighted by Gasteiger charge is 2.50. The summed E-state index contributed by atoms with van der Waals surface area (Å²) in [5, 5.41) is 20.1. The first-order chi connectivity index (χ1) is 35.6. The van der Waals surface area contributed by atoms with E-state index in [1.807, 2.05) is 40.1 Å². The maximum Gasteiger partial charge on any atom is 0.300 e. The zero-order valence-corrected chi connectivity index (χ0v) is 40.3. The van der Waals surface area contributed by atoms with Gasteiger partial charge in [0.15, 0.2) is 11.2 Å². The predicted octanol–water partition coefficient (Wildman–Crippen LogP) is 3.22. The third-order valence-corrected chi connectivity index (χ3v) is 13.1. The molecular weight excluding hydrogens is 941 g/mol. The maximum atomic E-state index is 13.6. The van der Waals surface area contributed by atoms with Gasteiger partial charge in [0.1, 0.15) is 23.3 Å². The van der Waals surface area contributed by atoms with Crippen LogP contribution in [0.2, 0.25) is 0 Å². The average molecular weight is 995 g/mol. The first kappa shape index (κ1) is 47.3. The Bertz CT molecular complexity index is 3220. The van der Waals surface area contributed by atoms with Gasteiger partial charge in [-0.25, -0.2) is 19.9 Å². The third-order valence-electron chi connectivity index (χ3n) is 13.1. The molecule has 1 atom stereocenters. The molecule has 73 heavy (non-hydrogen) atoms. The lowest BCUT2D eigenvalue weighted by Gasteiger charge is -2.55. The van der Waals surface area contributed by atoms with Crippen LogP contribution in [0, 0.1) is 5.41 Å². The van der Waals surface area contributed by atoms with Crippen LogP contribution >= 0.6 is 0 Å². The van der Waals surface area contributed by atoms with Gasteiger partial charge in [-0.3, -0.25) is 19.3 Å². The van der Waals surface area contributed by atoms with E-state index in [2.05, 4.69) is 50.5 Å². The van der Waals surface area contributed by atoms with Crippen LogP contribution in [0.1, 0.15) is 32.8 Å². The van der Waals surface area contributed by atoms with Crippen LogP contribution in [0.3, 0.4) is 0 Å². The number of morpholine rings is 2. The highest BCUT2D eigenvalue weighted by atomic mass is 16.5. The van der Waals surface area contributed by atoms with Crippen LogP contribution in [-0.2, 0) is 21.3 Å². The zero-order chi connectivity index (χ0) is 50.1. The van der Waals surface area contributed by atoms with Gasteiger partial charge in [-0.05, 0) is 30.7 Å². The lowest BCUT2D eigenvalue weighted by atomic mass is 9.78. The Morgan fingerprint density at radius 1 is 0.753 bits per heavy atom. The molecule has 12 rings (SSSR count). The van der Waals surface area contributed by atoms with Crippen molar-refractivity contribution in [3.63, 3.8) is 0 Å². The molecule has 7 aromatic heterocycles. The van der Waals surface area contributed by atoms with E-state index in [0.29, 0.717) is 152 Å². The van der Waals surface area contributed by atoms with Gasteiger partial charge in [0.25, 0.3) is 23.8 Å². The van der Waals surface area contributed by atoms with Crippen LogP contribution in [0.5, 0.6) is 0 Å². The monoisotopic (exact) mass is 994 g/mol. The number of aliphatic hydroxyl groups excluding tert-OH is 1. The second-order valence-electron chi connectivity index (χ2n) is 18.4. The van der Waals surface area contributed by atoms with Crippen LogP contribution < -0.4 is 36.0 Å². The van der Waals surface area contributed by atoms with E-state index in [4.69, 9.17) is 33.8 Å². The molecule has 2 amide bonds. The zero-order valence-electron chi connectivity index (χ0n) is 40.3. The molecule has 0 aromatic carbocycles. The summed E-state index contributed by atoms with van der Waals surface area (Å²) in [6.45, 7) is 9.14. The predicted molar refractivity (Wildman–Crippen MR) is 271 cm³/mol. The number of nitrogens with one attached hydrogen (secondary N) is 2. The van der Waals surface area contributed by atoms with Gasteiger partial charge in [0, 0.05) is 108 Å². The van der Waals surface area contributed by atoms with E-state index >= 15 is 0 Å². The number of hydrogen-bond donors (Lipinski definition) is 4. The number of rotatable bonds is 11. The van der Waals surface area contributed by atoms with Crippen molar-refractivity contribution in [1.29, 1.82) is 0 Å². The number of carbonyl (C=O) groups is 2. The molecular formula is C49H54N16O8. The van der Waals surface area contributed by atoms with Crippen molar-refractivity contribution >= 4 is 81.4 Å². The highest BCUT2D eigenvalue weighted by molar-refractivity contribution is 6.11. The average Bonchev–Trinajstić information content (AvgIpc) is 4.22. The first-order valence-corrected chi connectivity index (χ1v) is 24.1. The molecule has 0 aliphatic carbocycles. The molecule has 0 saturated carbocycles. The quantitative estimate of drug-likeness (QED) is 0.135. The fourth-order valence-electron chi connectivity index (χ4n) is 9.29. The van der Waals surface area contributed by atoms with E-state index in [9.17, 15) is 14.7 Å². The number of nitrogens with two attached hydrogens (primary N) is 1. The van der Waals surface area contributed by atoms with E-state index < -0.39 is 12.0 Å². The summed E-state index contributed by atoms with van der Waals surface area (Å²) in [7, 11) is 3.49. The van der Waals surface area contributed by atoms with E-state index in [-0.39, 0.29) is 11.3 Å². The third kappa shape index (κ3) is 9.96. The Kier molecular flexibility index (Phi) is 13.1. The number of fused-ring (bicyclic) bond motifs is 2. The van der Waals surface area contributed by atoms with Crippen LogP contribution in [-0.4, -0.2) is 168 Å². The summed E-state index contributed by atoms with van der Waals surface area (Å²) in [6, 6.07) is 15.1. The van der Waals surface area contributed by atoms with Gasteiger partial charge >= 0.3 is 0 Å². The number of aliphatic hydroxyl groups is 1. The summed E-state index contributed by atoms with van der Waals surface area (Å²) in [5.41, 5.74) is 11.1. The SMILES string of the molecule is CN=C/C(=C\N)c1cccc(NC(=O)c2cc3oc(N4CCOCC4)nc3nc2N2CCC(O)C2)n1.Cn1cc(-c2cccc(NC(=O)c3cc4oc(N5CCOCC5)nc4nc3N3CC4(COC4)C3)n2)cn1. The molecule has 5 fully saturated rings. The Balaban J connectivity index is 0.000000157. The number of amides is 2. The number of aromatic nitrogens is 8. The maximum absolute atomic E-state index is 13.6. The second kappa shape index (κ2) is 20.2. The molecule has 5 aliphatic rings. The van der Waals surface area contributed by atoms with Gasteiger partial charge < -0.3 is 64.1 Å². The number of carbonyl (C=O) groups excluding carboxylic acids is 2. The molecule has 12 heterocycles. The number of aryl methyl sites for hydroxylation is 1. The smallest absolute Gasteiger partial charge is 0.300 e. The molecule has 5 N–H and O–H groups in total. The Morgan fingerprint density at radius 3 is 1.86 bits per heavy atom. The van der Waals surface area contributed by atoms with Crippen molar-refractivity contribution in [2.24, 2.45) is 23.2 Å². The number of pyridine rings is 4. The summed E-state index contributed by atoms with van der Waals surface area (Å²) in [4.78, 5) is 66.8. The fourth-order valence-corrected chi connectivity index (χ4v) is 9.29. The van der Waals surface area contributed by atoms with Crippen molar-refractivity contribution in [3.05, 3.63) is 83.9 Å². The Morgan fingerprint density at radius 2 is 1.34 bits per heavy atom. The van der Waals surface area contributed by atoms with Gasteiger partial charge in [0.2, 0.25) is 11.3 Å². The van der Waals surface area contributed by atoms with Gasteiger partial charge in [-0.2, -0.15) is 15.1 Å². The number of anilines is 6. The van der Waals surface area contributed by atoms with Crippen molar-refractivity contribution in [2.75, 3.05) is 129 Å². The van der Waals surface area contributed by atoms with Crippen molar-refractivity contribution in [3.8, 4) is 11.3 Å². The Hall–Kier alpha value is -8.06. The molecule has 5 aliphatic heterocycles. The van der Waals surface area contributed by atoms with E-state index in [1.165, 1.54) is 6.20 Å². The lowest BCUT2D eigenvalue weighted by molar-refractivity contribution is -0.127. The van der Waals surface area contributed by atoms with Gasteiger partial charge in [0.05, 0.1) is 79.9 Å². The normalized spacial score (nSPS) is 18.8. The molecule has 1 spiro atoms. The number of hydrogen-bond acceptors (Lipinski definition) is 21. The fraction of sp³-hybridized carbons (Fsp3) is 0.388. The topological polar surface area (TPSA) is 279 Å². The van der Waals surface area contributed by atoms with Crippen molar-refractivity contribution in [1.82, 2.24) is 39.7 Å². The minimum absolute atomic E-state index is 0.159. The molecule has 0 bridgehead atoms. The number of aliphatic imine (C=N–C) groups is 1. The Labute approximate surface area is 417 Å². The molecule has 1 unspecified atom stereocenters. The molecule has 24 heteroatoms. The standard InChI is InChI=1S/C25H26N8O4.C24H28N8O4/c1-31-11-16(10-26-31)18-3-2-4-20(27-18)28-23(34)17-9-19-21(30-24(37-19)32-5-7-35-8-6-32)29-22(17)33-12-25(13-33)14-36-15-25;1-26-13-15(12-25)18-3-2-4-20(27-18)28-23(34)17-11-19-21(29-22(17)32-6-5-16(33)14-32)30-24(36-19)31-7-9-35-10-8-31/h2-4,9-11H,5-8,12-15H2,1H3,(H,27,28,34);2-4,11-13,16,33H,5-10,14,25H2,1H3,(H,27,28,34)/b;15-12+,26-13?. The minimum atomic E-state index is -0.486. The number of allylic oxidation sites excluding steroid dienone is 1. The number of oxazole rings is 2. The molecule has 7 aromatic rings. The number of β-amino-alcohol motifs (C(OH)–C–C–N with tert-alkyl or cyclic N) is 1. The summed E-state index contributed by atoms with van der Waals surface area (Å²) >= 11 is 0. The van der Waals surface area contributed by atoms with Crippen LogP contribution in [0.25, 0.3) is 39.3 Å². The van der Waals surface area contributed by atoms with Crippen molar-refractivity contribution in [2.45, 2.75) is 12.5 Å². The van der Waals surface area contributed by atoms with Crippen molar-refractivity contribution < 1.29 is 37.7 Å². The minimum Gasteiger partial charge on any atom is -0.422 e. The van der Waals surface area contributed by atoms with Crippen LogP contribution in [0.15, 0.2) is 81.0 Å². The molecule has 5 saturated heterocycles. The first-order valence-electron chi connectivity index (χ1n) is 24.1. The lowest BCUT2D eigenvalue weighted by Crippen LogP contribution is -2.66. The van der Waals surface area contributed by atoms with E-state index in [0.717, 1.165) is 37.6 Å². The number of nitrogens with zero attached hydrogens (tertiary/aromatic N) is 13. The summed E-state index contributed by atoms with van der Waals surface area (Å²) in [5.74, 6) is 1.10. The largest absolute Gasteiger partial charge is 0.422 e. The highest BCUT2D eigenvalue weighted by Crippen LogP contribution is 2.42. The molecule has 378 valence electrons. The molecule has 0 radical (unpaired) electrons. The summed E-state index contributed by atoms with van der Waals surface area (Å²) in [6.07, 6.45) is 6.73. The van der Waals surface area contributed by atoms with Crippen LogP contribution in [0.4, 0.5) is 35.3 Å². The summed E-state index contributed by atoms with van der Waals surface area (Å²) < 4.78 is 30.0. The van der Waals surface area contributed by atoms with Gasteiger partial charge in [-0.1, -0.05) is 12.1 Å². The number of ether oxygens (including phenoxy) is 3.